The normalized spacial score (nSPS) is 26.5. The minimum absolute atomic E-state index is 0.0591. The van der Waals surface area contributed by atoms with E-state index in [1.807, 2.05) is 4.90 Å². The standard InChI is InChI=1S/C33H49N3O16/c1-19-14-36(32(44)34-30(19)43)25-15-35(17-33(6,52-25)18-48-27(42)9-8-26(40)41)10-7-11-45-12-13-46-31-20(2)28(49-22(4)38)29(50-23(5)39)24(51-31)16-47-21(3)37/h14,20,24-25,28-29,31H,7-13,15-18H2,1-6H3,(H,40,41)(H,34,43,44)/t20-,24-,25-,28-,29+,31-,33-/m1/s1/i6D. The predicted octanol–water partition coefficient (Wildman–Crippen LogP) is 0.0533. The molecule has 292 valence electrons. The summed E-state index contributed by atoms with van der Waals surface area (Å²) in [6.07, 6.45) is -3.82. The summed E-state index contributed by atoms with van der Waals surface area (Å²) < 4.78 is 54.6. The molecule has 0 saturated carbocycles. The number of ether oxygens (including phenoxy) is 8. The van der Waals surface area contributed by atoms with Crippen LogP contribution in [0, 0.1) is 12.8 Å². The topological polar surface area (TPSA) is 238 Å². The second kappa shape index (κ2) is 19.6. The number of aromatic amines is 1. The summed E-state index contributed by atoms with van der Waals surface area (Å²) >= 11 is 0. The molecule has 0 unspecified atom stereocenters. The monoisotopic (exact) mass is 744 g/mol. The molecule has 0 aliphatic carbocycles. The number of carboxylic acid groups (broad SMARTS) is 1. The van der Waals surface area contributed by atoms with Gasteiger partial charge in [-0.3, -0.25) is 43.2 Å². The van der Waals surface area contributed by atoms with Crippen LogP contribution in [0.25, 0.3) is 0 Å². The summed E-state index contributed by atoms with van der Waals surface area (Å²) in [5.74, 6) is -4.36. The van der Waals surface area contributed by atoms with Crippen LogP contribution in [0.1, 0.15) is 67.0 Å². The zero-order valence-corrected chi connectivity index (χ0v) is 30.0. The number of aromatic nitrogens is 2. The van der Waals surface area contributed by atoms with Gasteiger partial charge in [0, 0.05) is 66.1 Å². The molecule has 1 aromatic heterocycles. The molecule has 0 spiro atoms. The van der Waals surface area contributed by atoms with Crippen molar-refractivity contribution < 1.29 is 68.3 Å². The second-order valence-electron chi connectivity index (χ2n) is 12.7. The van der Waals surface area contributed by atoms with Crippen LogP contribution in [0.4, 0.5) is 0 Å². The van der Waals surface area contributed by atoms with Crippen molar-refractivity contribution in [1.82, 2.24) is 14.5 Å². The molecule has 19 heteroatoms. The van der Waals surface area contributed by atoms with E-state index in [0.29, 0.717) is 13.0 Å². The Hall–Kier alpha value is -4.17. The van der Waals surface area contributed by atoms with Crippen LogP contribution in [0.2, 0.25) is 0 Å². The third-order valence-corrected chi connectivity index (χ3v) is 8.08. The fourth-order valence-corrected chi connectivity index (χ4v) is 5.72. The number of H-pyrrole nitrogens is 1. The van der Waals surface area contributed by atoms with E-state index < -0.39 is 89.9 Å². The van der Waals surface area contributed by atoms with Gasteiger partial charge < -0.3 is 43.0 Å². The largest absolute Gasteiger partial charge is 0.481 e. The van der Waals surface area contributed by atoms with Crippen LogP contribution in [0.15, 0.2) is 15.8 Å². The molecule has 19 nitrogen and oxygen atoms in total. The van der Waals surface area contributed by atoms with Crippen molar-refractivity contribution in [3.8, 4) is 0 Å². The van der Waals surface area contributed by atoms with E-state index in [1.54, 1.807) is 6.92 Å². The Balaban J connectivity index is 1.60. The number of morpholine rings is 1. The van der Waals surface area contributed by atoms with Crippen molar-refractivity contribution in [2.45, 2.75) is 97.2 Å². The lowest BCUT2D eigenvalue weighted by Gasteiger charge is -2.44. The van der Waals surface area contributed by atoms with E-state index in [2.05, 4.69) is 4.98 Å². The molecular weight excluding hydrogens is 694 g/mol. The van der Waals surface area contributed by atoms with E-state index in [0.717, 1.165) is 0 Å². The molecular formula is C33H49N3O16. The third kappa shape index (κ3) is 13.1. The number of nitrogens with one attached hydrogen (secondary N) is 1. The molecule has 7 atom stereocenters. The van der Waals surface area contributed by atoms with Crippen LogP contribution >= 0.6 is 0 Å². The summed E-state index contributed by atoms with van der Waals surface area (Å²) in [6.45, 7) is 7.04. The lowest BCUT2D eigenvalue weighted by molar-refractivity contribution is -0.290. The molecule has 2 fully saturated rings. The van der Waals surface area contributed by atoms with Crippen molar-refractivity contribution in [2.24, 2.45) is 5.92 Å². The van der Waals surface area contributed by atoms with E-state index in [9.17, 15) is 33.6 Å². The quantitative estimate of drug-likeness (QED) is 0.115. The minimum Gasteiger partial charge on any atom is -0.481 e. The van der Waals surface area contributed by atoms with Gasteiger partial charge in [-0.2, -0.15) is 0 Å². The lowest BCUT2D eigenvalue weighted by Crippen LogP contribution is -2.58. The number of rotatable bonds is 18. The van der Waals surface area contributed by atoms with Crippen molar-refractivity contribution in [3.05, 3.63) is 32.6 Å². The molecule has 52 heavy (non-hydrogen) atoms. The van der Waals surface area contributed by atoms with Gasteiger partial charge in [-0.25, -0.2) is 4.79 Å². The number of aliphatic carboxylic acids is 1. The van der Waals surface area contributed by atoms with Crippen LogP contribution < -0.4 is 11.2 Å². The first-order valence-corrected chi connectivity index (χ1v) is 16.8. The number of carbonyl (C=O) groups is 5. The zero-order valence-electron chi connectivity index (χ0n) is 31.0. The maximum Gasteiger partial charge on any atom is 0.330 e. The summed E-state index contributed by atoms with van der Waals surface area (Å²) in [4.78, 5) is 87.2. The van der Waals surface area contributed by atoms with Gasteiger partial charge in [-0.15, -0.1) is 0 Å². The Bertz CT molecular complexity index is 1550. The molecule has 2 saturated heterocycles. The molecule has 2 aliphatic rings. The third-order valence-electron chi connectivity index (χ3n) is 8.08. The van der Waals surface area contributed by atoms with Crippen molar-refractivity contribution in [1.29, 1.82) is 0 Å². The van der Waals surface area contributed by atoms with E-state index in [4.69, 9.17) is 44.4 Å². The summed E-state index contributed by atoms with van der Waals surface area (Å²) in [5.41, 5.74) is -2.39. The van der Waals surface area contributed by atoms with Crippen LogP contribution in [0.5, 0.6) is 0 Å². The first-order chi connectivity index (χ1) is 25.0. The fourth-order valence-electron chi connectivity index (χ4n) is 5.72. The number of esters is 4. The van der Waals surface area contributed by atoms with Crippen molar-refractivity contribution in [2.75, 3.05) is 52.7 Å². The molecule has 1 aromatic rings. The Morgan fingerprint density at radius 2 is 1.73 bits per heavy atom. The highest BCUT2D eigenvalue weighted by atomic mass is 16.7. The number of nitrogens with zero attached hydrogens (tertiary/aromatic N) is 2. The van der Waals surface area contributed by atoms with E-state index in [1.165, 1.54) is 38.5 Å². The summed E-state index contributed by atoms with van der Waals surface area (Å²) in [7, 11) is 0. The molecule has 2 aliphatic heterocycles. The molecule has 0 amide bonds. The second-order valence-corrected chi connectivity index (χ2v) is 12.7. The van der Waals surface area contributed by atoms with Gasteiger partial charge in [-0.1, -0.05) is 6.92 Å². The number of carbonyl (C=O) groups excluding carboxylic acids is 4. The number of hydrogen-bond acceptors (Lipinski definition) is 16. The molecule has 3 rings (SSSR count). The van der Waals surface area contributed by atoms with Crippen molar-refractivity contribution in [3.63, 3.8) is 0 Å². The fraction of sp³-hybridized carbons (Fsp3) is 0.727. The van der Waals surface area contributed by atoms with E-state index in [-0.39, 0.29) is 65.0 Å². The maximum atomic E-state index is 12.7. The molecule has 0 bridgehead atoms. The molecule has 3 heterocycles. The molecule has 0 aromatic carbocycles. The molecule has 2 N–H and O–H groups in total. The number of carboxylic acids is 1. The van der Waals surface area contributed by atoms with Crippen LogP contribution in [-0.2, 0) is 61.9 Å². The first-order valence-electron chi connectivity index (χ1n) is 17.5. The number of hydrogen-bond donors (Lipinski definition) is 2. The highest BCUT2D eigenvalue weighted by Gasteiger charge is 2.49. The van der Waals surface area contributed by atoms with Crippen molar-refractivity contribution >= 4 is 29.8 Å². The molecule has 0 radical (unpaired) electrons. The Kier molecular flexibility index (Phi) is 15.3. The van der Waals surface area contributed by atoms with Gasteiger partial charge in [-0.05, 0) is 20.2 Å². The average Bonchev–Trinajstić information content (AvgIpc) is 3.08. The smallest absolute Gasteiger partial charge is 0.330 e. The predicted molar refractivity (Wildman–Crippen MR) is 176 cm³/mol. The van der Waals surface area contributed by atoms with Gasteiger partial charge in [0.05, 0.1) is 26.1 Å². The zero-order chi connectivity index (χ0) is 39.3. The Labute approximate surface area is 301 Å². The van der Waals surface area contributed by atoms with Crippen LogP contribution in [-0.4, -0.2) is 132 Å². The summed E-state index contributed by atoms with van der Waals surface area (Å²) in [5, 5.41) is 8.88. The number of aryl methyl sites for hydroxylation is 1. The minimum atomic E-state index is -1.37. The van der Waals surface area contributed by atoms with Gasteiger partial charge in [0.1, 0.15) is 31.0 Å². The Morgan fingerprint density at radius 3 is 2.38 bits per heavy atom. The highest BCUT2D eigenvalue weighted by Crippen LogP contribution is 2.32. The van der Waals surface area contributed by atoms with Gasteiger partial charge in [0.15, 0.2) is 18.6 Å². The average molecular weight is 745 g/mol. The van der Waals surface area contributed by atoms with Crippen LogP contribution in [0.3, 0.4) is 0 Å². The Morgan fingerprint density at radius 1 is 1.02 bits per heavy atom. The van der Waals surface area contributed by atoms with Gasteiger partial charge in [0.2, 0.25) is 0 Å². The first kappa shape index (κ1) is 40.6. The van der Waals surface area contributed by atoms with Gasteiger partial charge in [0.25, 0.3) is 5.56 Å². The lowest BCUT2D eigenvalue weighted by atomic mass is 9.92. The highest BCUT2D eigenvalue weighted by molar-refractivity contribution is 5.76. The SMILES string of the molecule is [2H]C[C@]1(COC(=O)CCC(=O)O)CN(CCCOCCO[C@@H]2O[C@H](COC(C)=O)[C@H](OC(C)=O)[C@H](OC(C)=O)[C@H]2C)C[C@H](n2cc(C)c(=O)[nH]c2=O)O1. The van der Waals surface area contributed by atoms with E-state index >= 15 is 0 Å². The summed E-state index contributed by atoms with van der Waals surface area (Å²) in [6, 6.07) is 0. The van der Waals surface area contributed by atoms with Gasteiger partial charge >= 0.3 is 35.5 Å². The maximum absolute atomic E-state index is 12.7.